The molecule has 1 rings (SSSR count). The zero-order valence-corrected chi connectivity index (χ0v) is 10.7. The van der Waals surface area contributed by atoms with Crippen LogP contribution in [0.25, 0.3) is 0 Å². The van der Waals surface area contributed by atoms with E-state index in [0.29, 0.717) is 0 Å². The van der Waals surface area contributed by atoms with Gasteiger partial charge in [0.25, 0.3) is 5.71 Å². The number of esters is 1. The van der Waals surface area contributed by atoms with Gasteiger partial charge in [0.05, 0.1) is 6.61 Å². The molecule has 0 N–H and O–H groups in total. The molecule has 104 valence electrons. The number of nitriles is 1. The van der Waals surface area contributed by atoms with Gasteiger partial charge in [-0.25, -0.2) is 9.59 Å². The number of benzene rings is 1. The molecule has 1 aromatic carbocycles. The van der Waals surface area contributed by atoms with Crippen LogP contribution in [0.2, 0.25) is 0 Å². The van der Waals surface area contributed by atoms with Crippen molar-refractivity contribution in [3.8, 4) is 6.07 Å². The third kappa shape index (κ3) is 5.18. The molecule has 7 nitrogen and oxygen atoms in total. The van der Waals surface area contributed by atoms with Gasteiger partial charge in [-0.1, -0.05) is 35.5 Å². The molecule has 0 atom stereocenters. The second-order valence-electron chi connectivity index (χ2n) is 3.39. The summed E-state index contributed by atoms with van der Waals surface area (Å²) in [6, 6.07) is 10.4. The number of ether oxygens (including phenoxy) is 2. The predicted octanol–water partition coefficient (Wildman–Crippen LogP) is 1.78. The molecule has 0 bridgehead atoms. The van der Waals surface area contributed by atoms with E-state index in [2.05, 4.69) is 14.7 Å². The highest BCUT2D eigenvalue weighted by Gasteiger charge is 2.14. The van der Waals surface area contributed by atoms with Crippen molar-refractivity contribution >= 4 is 17.8 Å². The lowest BCUT2D eigenvalue weighted by molar-refractivity contribution is -0.135. The smallest absolute Gasteiger partial charge is 0.461 e. The Kier molecular flexibility index (Phi) is 6.27. The fraction of sp³-hybridized carbons (Fsp3) is 0.231. The average molecular weight is 276 g/mol. The molecule has 7 heteroatoms. The van der Waals surface area contributed by atoms with Crippen molar-refractivity contribution in [2.75, 3.05) is 6.61 Å². The number of nitrogens with zero attached hydrogens (tertiary/aromatic N) is 2. The van der Waals surface area contributed by atoms with E-state index < -0.39 is 17.8 Å². The molecule has 0 aromatic heterocycles. The van der Waals surface area contributed by atoms with Crippen LogP contribution in [0, 0.1) is 11.3 Å². The van der Waals surface area contributed by atoms with Crippen molar-refractivity contribution in [2.24, 2.45) is 5.16 Å². The van der Waals surface area contributed by atoms with Crippen LogP contribution >= 0.6 is 0 Å². The Bertz CT molecular complexity index is 533. The summed E-state index contributed by atoms with van der Waals surface area (Å²) in [5.41, 5.74) is 0.0999. The first kappa shape index (κ1) is 15.2. The normalized spacial score (nSPS) is 10.3. The zero-order chi connectivity index (χ0) is 14.8. The summed E-state index contributed by atoms with van der Waals surface area (Å²) in [4.78, 5) is 26.7. The highest BCUT2D eigenvalue weighted by atomic mass is 16.8. The molecule has 0 saturated carbocycles. The van der Waals surface area contributed by atoms with E-state index >= 15 is 0 Å². The van der Waals surface area contributed by atoms with Crippen LogP contribution in [0.4, 0.5) is 4.79 Å². The predicted molar refractivity (Wildman–Crippen MR) is 67.4 cm³/mol. The van der Waals surface area contributed by atoms with Crippen LogP contribution in [0.5, 0.6) is 0 Å². The average Bonchev–Trinajstić information content (AvgIpc) is 2.47. The van der Waals surface area contributed by atoms with E-state index in [0.717, 1.165) is 5.56 Å². The van der Waals surface area contributed by atoms with Crippen molar-refractivity contribution in [3.63, 3.8) is 0 Å². The van der Waals surface area contributed by atoms with Gasteiger partial charge in [0.2, 0.25) is 0 Å². The lowest BCUT2D eigenvalue weighted by Gasteiger charge is -2.02. The molecule has 0 amide bonds. The zero-order valence-electron chi connectivity index (χ0n) is 10.7. The van der Waals surface area contributed by atoms with Crippen LogP contribution in [0.1, 0.15) is 12.5 Å². The minimum absolute atomic E-state index is 0.00349. The highest BCUT2D eigenvalue weighted by molar-refractivity contribution is 6.42. The first-order chi connectivity index (χ1) is 9.67. The molecule has 0 heterocycles. The lowest BCUT2D eigenvalue weighted by atomic mass is 10.2. The Labute approximate surface area is 115 Å². The third-order valence-electron chi connectivity index (χ3n) is 1.99. The SMILES string of the molecule is CCOC(=O)/C(C#N)=N\OC(=O)OCc1ccccc1. The van der Waals surface area contributed by atoms with Crippen LogP contribution in [0.3, 0.4) is 0 Å². The van der Waals surface area contributed by atoms with Gasteiger partial charge in [-0.15, -0.1) is 0 Å². The van der Waals surface area contributed by atoms with E-state index in [9.17, 15) is 9.59 Å². The van der Waals surface area contributed by atoms with Gasteiger partial charge in [0, 0.05) is 0 Å². The summed E-state index contributed by atoms with van der Waals surface area (Å²) in [6.45, 7) is 1.65. The topological polar surface area (TPSA) is 98.0 Å². The van der Waals surface area contributed by atoms with Gasteiger partial charge in [-0.3, -0.25) is 4.84 Å². The van der Waals surface area contributed by atoms with Crippen molar-refractivity contribution in [3.05, 3.63) is 35.9 Å². The number of hydrogen-bond acceptors (Lipinski definition) is 7. The Morgan fingerprint density at radius 2 is 1.95 bits per heavy atom. The minimum Gasteiger partial charge on any atom is -0.461 e. The number of carbonyl (C=O) groups is 2. The van der Waals surface area contributed by atoms with Crippen molar-refractivity contribution in [2.45, 2.75) is 13.5 Å². The summed E-state index contributed by atoms with van der Waals surface area (Å²) in [6.07, 6.45) is -1.12. The first-order valence-corrected chi connectivity index (χ1v) is 5.70. The summed E-state index contributed by atoms with van der Waals surface area (Å²) < 4.78 is 9.27. The maximum Gasteiger partial charge on any atom is 0.535 e. The van der Waals surface area contributed by atoms with E-state index in [-0.39, 0.29) is 13.2 Å². The number of rotatable bonds is 5. The number of carbonyl (C=O) groups excluding carboxylic acids is 2. The van der Waals surface area contributed by atoms with Gasteiger partial charge in [-0.05, 0) is 12.5 Å². The fourth-order valence-electron chi connectivity index (χ4n) is 1.13. The fourth-order valence-corrected chi connectivity index (χ4v) is 1.13. The number of hydrogen-bond donors (Lipinski definition) is 0. The quantitative estimate of drug-likeness (QED) is 0.352. The standard InChI is InChI=1S/C13H12N2O5/c1-2-18-12(16)11(8-14)15-20-13(17)19-9-10-6-4-3-5-7-10/h3-7H,2,9H2,1H3/b15-11-. The molecule has 0 fully saturated rings. The lowest BCUT2D eigenvalue weighted by Crippen LogP contribution is -2.17. The van der Waals surface area contributed by atoms with Crippen LogP contribution < -0.4 is 0 Å². The molecule has 0 aliphatic rings. The molecular weight excluding hydrogens is 264 g/mol. The van der Waals surface area contributed by atoms with E-state index in [1.54, 1.807) is 31.2 Å². The summed E-state index contributed by atoms with van der Waals surface area (Å²) in [5.74, 6) is -0.967. The van der Waals surface area contributed by atoms with Gasteiger partial charge < -0.3 is 9.47 Å². The minimum atomic E-state index is -1.12. The van der Waals surface area contributed by atoms with Gasteiger partial charge in [-0.2, -0.15) is 5.26 Å². The summed E-state index contributed by atoms with van der Waals surface area (Å²) in [7, 11) is 0. The van der Waals surface area contributed by atoms with Gasteiger partial charge >= 0.3 is 12.1 Å². The number of oxime groups is 1. The van der Waals surface area contributed by atoms with Crippen LogP contribution in [-0.2, 0) is 25.7 Å². The van der Waals surface area contributed by atoms with E-state index in [1.165, 1.54) is 6.07 Å². The Morgan fingerprint density at radius 1 is 1.25 bits per heavy atom. The molecule has 0 unspecified atom stereocenters. The molecule has 0 aliphatic carbocycles. The van der Waals surface area contributed by atoms with Crippen LogP contribution in [0.15, 0.2) is 35.5 Å². The Morgan fingerprint density at radius 3 is 2.55 bits per heavy atom. The molecule has 0 radical (unpaired) electrons. The largest absolute Gasteiger partial charge is 0.535 e. The molecule has 20 heavy (non-hydrogen) atoms. The molecule has 1 aromatic rings. The highest BCUT2D eigenvalue weighted by Crippen LogP contribution is 2.01. The molecule has 0 aliphatic heterocycles. The third-order valence-corrected chi connectivity index (χ3v) is 1.99. The maximum absolute atomic E-state index is 11.2. The summed E-state index contributed by atoms with van der Waals surface area (Å²) >= 11 is 0. The second kappa shape index (κ2) is 8.26. The van der Waals surface area contributed by atoms with Gasteiger partial charge in [0.1, 0.15) is 12.7 Å². The van der Waals surface area contributed by atoms with E-state index in [1.807, 2.05) is 6.07 Å². The Hall–Kier alpha value is -2.88. The molecule has 0 saturated heterocycles. The van der Waals surface area contributed by atoms with Gasteiger partial charge in [0.15, 0.2) is 0 Å². The monoisotopic (exact) mass is 276 g/mol. The molecule has 0 spiro atoms. The molecular formula is C13H12N2O5. The summed E-state index contributed by atoms with van der Waals surface area (Å²) in [5, 5.41) is 11.7. The van der Waals surface area contributed by atoms with Crippen molar-refractivity contribution in [1.29, 1.82) is 5.26 Å². The second-order valence-corrected chi connectivity index (χ2v) is 3.39. The van der Waals surface area contributed by atoms with Crippen molar-refractivity contribution < 1.29 is 23.9 Å². The maximum atomic E-state index is 11.2. The van der Waals surface area contributed by atoms with Crippen LogP contribution in [-0.4, -0.2) is 24.4 Å². The Balaban J connectivity index is 2.46. The first-order valence-electron chi connectivity index (χ1n) is 5.70. The van der Waals surface area contributed by atoms with Crippen molar-refractivity contribution in [1.82, 2.24) is 0 Å². The van der Waals surface area contributed by atoms with E-state index in [4.69, 9.17) is 10.00 Å².